The first kappa shape index (κ1) is 11.9. The van der Waals surface area contributed by atoms with Gasteiger partial charge in [-0.1, -0.05) is 6.92 Å². The second kappa shape index (κ2) is 4.86. The zero-order valence-corrected chi connectivity index (χ0v) is 11.5. The maximum atomic E-state index is 6.21. The fourth-order valence-corrected chi connectivity index (χ4v) is 2.99. The van der Waals surface area contributed by atoms with E-state index in [-0.39, 0.29) is 6.04 Å². The third kappa shape index (κ3) is 2.49. The average molecular weight is 261 g/mol. The summed E-state index contributed by atoms with van der Waals surface area (Å²) in [5, 5.41) is 3.37. The average Bonchev–Trinajstić information content (AvgIpc) is 2.96. The second-order valence-corrected chi connectivity index (χ2v) is 6.01. The minimum atomic E-state index is 0.230. The molecule has 4 heteroatoms. The van der Waals surface area contributed by atoms with E-state index in [1.807, 2.05) is 0 Å². The van der Waals surface area contributed by atoms with Gasteiger partial charge in [0, 0.05) is 23.8 Å². The summed E-state index contributed by atoms with van der Waals surface area (Å²) >= 11 is 1.75. The zero-order valence-electron chi connectivity index (χ0n) is 10.7. The fraction of sp³-hybridized carbons (Fsp3) is 0.500. The van der Waals surface area contributed by atoms with E-state index in [0.29, 0.717) is 5.92 Å². The molecule has 0 spiro atoms. The summed E-state index contributed by atoms with van der Waals surface area (Å²) in [5.74, 6) is 0.715. The van der Waals surface area contributed by atoms with Crippen LogP contribution in [0, 0.1) is 5.92 Å². The van der Waals surface area contributed by atoms with Crippen molar-refractivity contribution in [3.63, 3.8) is 0 Å². The van der Waals surface area contributed by atoms with Crippen LogP contribution in [0.4, 0.5) is 0 Å². The molecule has 0 aromatic carbocycles. The SMILES string of the molecule is CCc1nc(Cn2ccc(C(N)C3CC3)c2)cs1. The maximum Gasteiger partial charge on any atom is 0.0926 e. The van der Waals surface area contributed by atoms with Gasteiger partial charge in [-0.3, -0.25) is 0 Å². The molecule has 1 aliphatic rings. The molecule has 3 rings (SSSR count). The topological polar surface area (TPSA) is 43.8 Å². The van der Waals surface area contributed by atoms with Crippen molar-refractivity contribution in [3.05, 3.63) is 40.1 Å². The lowest BCUT2D eigenvalue weighted by Crippen LogP contribution is -2.11. The lowest BCUT2D eigenvalue weighted by Gasteiger charge is -2.07. The Bertz CT molecular complexity index is 525. The van der Waals surface area contributed by atoms with E-state index in [0.717, 1.165) is 18.7 Å². The van der Waals surface area contributed by atoms with E-state index in [9.17, 15) is 0 Å². The van der Waals surface area contributed by atoms with Crippen molar-refractivity contribution in [2.75, 3.05) is 0 Å². The second-order valence-electron chi connectivity index (χ2n) is 5.07. The van der Waals surface area contributed by atoms with Gasteiger partial charge in [0.2, 0.25) is 0 Å². The number of aryl methyl sites for hydroxylation is 1. The molecule has 0 aliphatic heterocycles. The van der Waals surface area contributed by atoms with Gasteiger partial charge in [0.15, 0.2) is 0 Å². The predicted molar refractivity (Wildman–Crippen MR) is 74.7 cm³/mol. The Balaban J connectivity index is 1.69. The lowest BCUT2D eigenvalue weighted by atomic mass is 10.1. The van der Waals surface area contributed by atoms with Crippen LogP contribution in [0.2, 0.25) is 0 Å². The van der Waals surface area contributed by atoms with E-state index in [2.05, 4.69) is 40.3 Å². The molecule has 2 aromatic heterocycles. The highest BCUT2D eigenvalue weighted by molar-refractivity contribution is 7.09. The van der Waals surface area contributed by atoms with Crippen LogP contribution >= 0.6 is 11.3 Å². The summed E-state index contributed by atoms with van der Waals surface area (Å²) in [6.07, 6.45) is 7.89. The fourth-order valence-electron chi connectivity index (χ4n) is 2.25. The number of rotatable bonds is 5. The lowest BCUT2D eigenvalue weighted by molar-refractivity contribution is 0.630. The third-order valence-corrected chi connectivity index (χ3v) is 4.58. The highest BCUT2D eigenvalue weighted by atomic mass is 32.1. The highest BCUT2D eigenvalue weighted by Gasteiger charge is 2.29. The quantitative estimate of drug-likeness (QED) is 0.899. The molecule has 96 valence electrons. The highest BCUT2D eigenvalue weighted by Crippen LogP contribution is 2.39. The molecule has 1 saturated carbocycles. The molecule has 1 atom stereocenters. The van der Waals surface area contributed by atoms with Crippen molar-refractivity contribution in [1.29, 1.82) is 0 Å². The molecular formula is C14H19N3S. The maximum absolute atomic E-state index is 6.21. The summed E-state index contributed by atoms with van der Waals surface area (Å²) in [6.45, 7) is 3.00. The molecule has 1 aliphatic carbocycles. The van der Waals surface area contributed by atoms with Crippen LogP contribution in [-0.2, 0) is 13.0 Å². The Morgan fingerprint density at radius 3 is 3.06 bits per heavy atom. The Kier molecular flexibility index (Phi) is 3.22. The molecule has 2 N–H and O–H groups in total. The van der Waals surface area contributed by atoms with Crippen LogP contribution in [0.1, 0.15) is 42.1 Å². The standard InChI is InChI=1S/C14H19N3S/c1-2-13-16-12(9-18-13)8-17-6-5-11(7-17)14(15)10-3-4-10/h5-7,9-10,14H,2-4,8,15H2,1H3. The molecule has 2 aromatic rings. The van der Waals surface area contributed by atoms with Crippen molar-refractivity contribution in [1.82, 2.24) is 9.55 Å². The van der Waals surface area contributed by atoms with Crippen LogP contribution in [0.3, 0.4) is 0 Å². The van der Waals surface area contributed by atoms with Crippen LogP contribution in [0.15, 0.2) is 23.8 Å². The molecule has 2 heterocycles. The Hall–Kier alpha value is -1.13. The number of nitrogens with zero attached hydrogens (tertiary/aromatic N) is 2. The predicted octanol–water partition coefficient (Wildman–Crippen LogP) is 2.97. The zero-order chi connectivity index (χ0) is 12.5. The van der Waals surface area contributed by atoms with E-state index >= 15 is 0 Å². The summed E-state index contributed by atoms with van der Waals surface area (Å²) in [6, 6.07) is 2.38. The first-order valence-electron chi connectivity index (χ1n) is 6.61. The molecule has 0 amide bonds. The van der Waals surface area contributed by atoms with Gasteiger partial charge in [0.05, 0.1) is 17.2 Å². The summed E-state index contributed by atoms with van der Waals surface area (Å²) < 4.78 is 2.19. The monoisotopic (exact) mass is 261 g/mol. The molecule has 0 bridgehead atoms. The Morgan fingerprint density at radius 1 is 1.56 bits per heavy atom. The van der Waals surface area contributed by atoms with Gasteiger partial charge in [0.1, 0.15) is 0 Å². The molecule has 0 saturated heterocycles. The molecule has 18 heavy (non-hydrogen) atoms. The summed E-state index contributed by atoms with van der Waals surface area (Å²) in [7, 11) is 0. The van der Waals surface area contributed by atoms with E-state index in [1.165, 1.54) is 23.4 Å². The van der Waals surface area contributed by atoms with Crippen LogP contribution in [0.5, 0.6) is 0 Å². The minimum Gasteiger partial charge on any atom is -0.348 e. The largest absolute Gasteiger partial charge is 0.348 e. The van der Waals surface area contributed by atoms with Crippen LogP contribution in [0.25, 0.3) is 0 Å². The molecule has 1 unspecified atom stereocenters. The number of hydrogen-bond acceptors (Lipinski definition) is 3. The van der Waals surface area contributed by atoms with Crippen molar-refractivity contribution in [2.24, 2.45) is 11.7 Å². The molecule has 0 radical (unpaired) electrons. The van der Waals surface area contributed by atoms with E-state index < -0.39 is 0 Å². The van der Waals surface area contributed by atoms with Gasteiger partial charge in [-0.2, -0.15) is 0 Å². The summed E-state index contributed by atoms with van der Waals surface area (Å²) in [4.78, 5) is 4.59. The smallest absolute Gasteiger partial charge is 0.0926 e. The first-order valence-corrected chi connectivity index (χ1v) is 7.48. The van der Waals surface area contributed by atoms with Gasteiger partial charge < -0.3 is 10.3 Å². The van der Waals surface area contributed by atoms with Gasteiger partial charge >= 0.3 is 0 Å². The number of thiazole rings is 1. The van der Waals surface area contributed by atoms with Crippen molar-refractivity contribution >= 4 is 11.3 Å². The third-order valence-electron chi connectivity index (χ3n) is 3.53. The van der Waals surface area contributed by atoms with E-state index in [4.69, 9.17) is 5.73 Å². The van der Waals surface area contributed by atoms with Gasteiger partial charge in [-0.15, -0.1) is 11.3 Å². The number of nitrogens with two attached hydrogens (primary N) is 1. The Morgan fingerprint density at radius 2 is 2.39 bits per heavy atom. The van der Waals surface area contributed by atoms with Gasteiger partial charge in [-0.25, -0.2) is 4.98 Å². The Labute approximate surface area is 112 Å². The van der Waals surface area contributed by atoms with Crippen molar-refractivity contribution in [3.8, 4) is 0 Å². The minimum absolute atomic E-state index is 0.230. The molecular weight excluding hydrogens is 242 g/mol. The molecule has 1 fully saturated rings. The normalized spacial score (nSPS) is 17.0. The number of aromatic nitrogens is 2. The first-order chi connectivity index (χ1) is 8.76. The van der Waals surface area contributed by atoms with Crippen LogP contribution in [-0.4, -0.2) is 9.55 Å². The number of hydrogen-bond donors (Lipinski definition) is 1. The van der Waals surface area contributed by atoms with Gasteiger partial charge in [0.25, 0.3) is 0 Å². The van der Waals surface area contributed by atoms with Crippen LogP contribution < -0.4 is 5.73 Å². The summed E-state index contributed by atoms with van der Waals surface area (Å²) in [5.41, 5.74) is 8.62. The van der Waals surface area contributed by atoms with Crippen molar-refractivity contribution < 1.29 is 0 Å². The van der Waals surface area contributed by atoms with E-state index in [1.54, 1.807) is 11.3 Å². The van der Waals surface area contributed by atoms with Crippen molar-refractivity contribution in [2.45, 2.75) is 38.8 Å². The molecule has 3 nitrogen and oxygen atoms in total. The van der Waals surface area contributed by atoms with Gasteiger partial charge in [-0.05, 0) is 36.8 Å².